The van der Waals surface area contributed by atoms with Gasteiger partial charge in [-0.3, -0.25) is 4.79 Å². The van der Waals surface area contributed by atoms with Gasteiger partial charge in [-0.25, -0.2) is 9.38 Å². The molecule has 0 saturated carbocycles. The van der Waals surface area contributed by atoms with E-state index in [1.807, 2.05) is 6.92 Å². The number of carbonyl (C=O) groups excluding carboxylic acids is 1. The molecule has 0 aliphatic heterocycles. The monoisotopic (exact) mass is 376 g/mol. The topological polar surface area (TPSA) is 56.7 Å². The zero-order valence-electron chi connectivity index (χ0n) is 15.2. The molecule has 0 aliphatic rings. The molecule has 0 saturated heterocycles. The third-order valence-electron chi connectivity index (χ3n) is 3.61. The van der Waals surface area contributed by atoms with Crippen molar-refractivity contribution in [3.05, 3.63) is 35.1 Å². The maximum atomic E-state index is 13.7. The van der Waals surface area contributed by atoms with Gasteiger partial charge >= 0.3 is 6.18 Å². The van der Waals surface area contributed by atoms with Gasteiger partial charge in [0.25, 0.3) is 0 Å². The third kappa shape index (κ3) is 7.28. The van der Waals surface area contributed by atoms with Gasteiger partial charge in [-0.2, -0.15) is 13.2 Å². The van der Waals surface area contributed by atoms with Gasteiger partial charge in [-0.05, 0) is 38.0 Å². The van der Waals surface area contributed by atoms with Crippen molar-refractivity contribution in [1.29, 1.82) is 0 Å². The van der Waals surface area contributed by atoms with Crippen molar-refractivity contribution in [2.45, 2.75) is 33.0 Å². The molecule has 0 fully saturated rings. The molecule has 1 rings (SSSR count). The normalized spacial score (nSPS) is 13.3. The predicted octanol–water partition coefficient (Wildman–Crippen LogP) is 2.77. The highest BCUT2D eigenvalue weighted by molar-refractivity contribution is 5.85. The Morgan fingerprint density at radius 3 is 2.54 bits per heavy atom. The third-order valence-corrected chi connectivity index (χ3v) is 3.61. The second kappa shape index (κ2) is 9.40. The zero-order valence-corrected chi connectivity index (χ0v) is 15.2. The van der Waals surface area contributed by atoms with E-state index in [0.29, 0.717) is 22.6 Å². The van der Waals surface area contributed by atoms with Crippen LogP contribution in [0.3, 0.4) is 0 Å². The fourth-order valence-corrected chi connectivity index (χ4v) is 2.11. The van der Waals surface area contributed by atoms with Crippen LogP contribution in [0.5, 0.6) is 0 Å². The standard InChI is InChI=1S/C17H24F4N4O/c1-5-22-16(23-9-15(26)25(4)10-17(19,20)21)24-12(3)13-7-6-11(2)14(18)8-13/h6-8,12H,5,9-10H2,1-4H3,(H2,22,23,24). The molecule has 5 nitrogen and oxygen atoms in total. The van der Waals surface area contributed by atoms with Gasteiger partial charge in [0.15, 0.2) is 5.96 Å². The fourth-order valence-electron chi connectivity index (χ4n) is 2.11. The number of likely N-dealkylation sites (N-methyl/N-ethyl adjacent to an activating group) is 1. The lowest BCUT2D eigenvalue weighted by Crippen LogP contribution is -2.41. The van der Waals surface area contributed by atoms with E-state index in [9.17, 15) is 22.4 Å². The summed E-state index contributed by atoms with van der Waals surface area (Å²) < 4.78 is 50.7. The smallest absolute Gasteiger partial charge is 0.357 e. The molecule has 1 aromatic carbocycles. The average molecular weight is 376 g/mol. The van der Waals surface area contributed by atoms with Crippen molar-refractivity contribution in [1.82, 2.24) is 15.5 Å². The summed E-state index contributed by atoms with van der Waals surface area (Å²) in [5.74, 6) is -0.828. The number of alkyl halides is 3. The summed E-state index contributed by atoms with van der Waals surface area (Å²) in [6.07, 6.45) is -4.46. The minimum absolute atomic E-state index is 0.259. The van der Waals surface area contributed by atoms with Crippen LogP contribution in [-0.4, -0.2) is 49.6 Å². The Hall–Kier alpha value is -2.32. The molecule has 1 amide bonds. The first-order chi connectivity index (χ1) is 12.0. The van der Waals surface area contributed by atoms with E-state index in [1.165, 1.54) is 6.07 Å². The molecule has 26 heavy (non-hydrogen) atoms. The first-order valence-electron chi connectivity index (χ1n) is 8.15. The molecule has 0 spiro atoms. The zero-order chi connectivity index (χ0) is 19.9. The number of carbonyl (C=O) groups is 1. The van der Waals surface area contributed by atoms with Gasteiger partial charge in [-0.15, -0.1) is 0 Å². The van der Waals surface area contributed by atoms with Crippen LogP contribution < -0.4 is 10.6 Å². The number of nitrogens with one attached hydrogen (secondary N) is 2. The number of hydrogen-bond donors (Lipinski definition) is 2. The van der Waals surface area contributed by atoms with Crippen molar-refractivity contribution in [3.63, 3.8) is 0 Å². The Morgan fingerprint density at radius 2 is 2.00 bits per heavy atom. The molecule has 0 radical (unpaired) electrons. The lowest BCUT2D eigenvalue weighted by atomic mass is 10.1. The quantitative estimate of drug-likeness (QED) is 0.456. The Bertz CT molecular complexity index is 646. The Kier molecular flexibility index (Phi) is 7.85. The first-order valence-corrected chi connectivity index (χ1v) is 8.15. The summed E-state index contributed by atoms with van der Waals surface area (Å²) in [5.41, 5.74) is 1.21. The number of amides is 1. The Balaban J connectivity index is 2.76. The van der Waals surface area contributed by atoms with Gasteiger partial charge in [0.05, 0.1) is 6.04 Å². The number of rotatable bonds is 6. The SMILES string of the molecule is CCNC(=NCC(=O)N(C)CC(F)(F)F)NC(C)c1ccc(C)c(F)c1. The molecule has 1 atom stereocenters. The van der Waals surface area contributed by atoms with Crippen LogP contribution in [0.15, 0.2) is 23.2 Å². The molecule has 0 aliphatic carbocycles. The van der Waals surface area contributed by atoms with E-state index in [2.05, 4.69) is 15.6 Å². The van der Waals surface area contributed by atoms with E-state index < -0.39 is 25.2 Å². The number of hydrogen-bond acceptors (Lipinski definition) is 2. The van der Waals surface area contributed by atoms with Crippen molar-refractivity contribution in [3.8, 4) is 0 Å². The maximum absolute atomic E-state index is 13.7. The summed E-state index contributed by atoms with van der Waals surface area (Å²) in [6, 6.07) is 4.51. The first kappa shape index (κ1) is 21.7. The van der Waals surface area contributed by atoms with Gasteiger partial charge < -0.3 is 15.5 Å². The number of halogens is 4. The second-order valence-electron chi connectivity index (χ2n) is 5.93. The molecule has 2 N–H and O–H groups in total. The molecule has 9 heteroatoms. The predicted molar refractivity (Wildman–Crippen MR) is 92.4 cm³/mol. The van der Waals surface area contributed by atoms with Crippen LogP contribution in [0.2, 0.25) is 0 Å². The number of nitrogens with zero attached hydrogens (tertiary/aromatic N) is 2. The molecule has 0 bridgehead atoms. The van der Waals surface area contributed by atoms with Crippen molar-refractivity contribution >= 4 is 11.9 Å². The van der Waals surface area contributed by atoms with Gasteiger partial charge in [0, 0.05) is 13.6 Å². The van der Waals surface area contributed by atoms with E-state index >= 15 is 0 Å². The molecule has 1 unspecified atom stereocenters. The van der Waals surface area contributed by atoms with Crippen LogP contribution in [0.4, 0.5) is 17.6 Å². The number of aryl methyl sites for hydroxylation is 1. The van der Waals surface area contributed by atoms with Crippen LogP contribution in [0.25, 0.3) is 0 Å². The number of benzene rings is 1. The summed E-state index contributed by atoms with van der Waals surface area (Å²) >= 11 is 0. The van der Waals surface area contributed by atoms with Crippen molar-refractivity contribution in [2.75, 3.05) is 26.7 Å². The summed E-state index contributed by atoms with van der Waals surface area (Å²) in [4.78, 5) is 16.4. The molecule has 146 valence electrons. The largest absolute Gasteiger partial charge is 0.406 e. The highest BCUT2D eigenvalue weighted by Gasteiger charge is 2.31. The minimum atomic E-state index is -4.46. The Labute approximate surface area is 150 Å². The number of guanidine groups is 1. The lowest BCUT2D eigenvalue weighted by molar-refractivity contribution is -0.157. The molecular formula is C17H24F4N4O. The maximum Gasteiger partial charge on any atom is 0.406 e. The summed E-state index contributed by atoms with van der Waals surface area (Å²) in [6.45, 7) is 3.99. The van der Waals surface area contributed by atoms with Crippen LogP contribution in [0.1, 0.15) is 31.0 Å². The minimum Gasteiger partial charge on any atom is -0.357 e. The summed E-state index contributed by atoms with van der Waals surface area (Å²) in [7, 11) is 1.07. The van der Waals surface area contributed by atoms with E-state index in [1.54, 1.807) is 26.0 Å². The van der Waals surface area contributed by atoms with Crippen LogP contribution >= 0.6 is 0 Å². The van der Waals surface area contributed by atoms with Crippen LogP contribution in [0, 0.1) is 12.7 Å². The van der Waals surface area contributed by atoms with E-state index in [4.69, 9.17) is 0 Å². The van der Waals surface area contributed by atoms with E-state index in [-0.39, 0.29) is 17.8 Å². The van der Waals surface area contributed by atoms with Gasteiger partial charge in [0.2, 0.25) is 5.91 Å². The van der Waals surface area contributed by atoms with Gasteiger partial charge in [-0.1, -0.05) is 12.1 Å². The van der Waals surface area contributed by atoms with Crippen molar-refractivity contribution in [2.24, 2.45) is 4.99 Å². The van der Waals surface area contributed by atoms with Crippen molar-refractivity contribution < 1.29 is 22.4 Å². The fraction of sp³-hybridized carbons (Fsp3) is 0.529. The van der Waals surface area contributed by atoms with Crippen LogP contribution in [-0.2, 0) is 4.79 Å². The summed E-state index contributed by atoms with van der Waals surface area (Å²) in [5, 5.41) is 5.91. The lowest BCUT2D eigenvalue weighted by Gasteiger charge is -2.20. The molecule has 0 aromatic heterocycles. The number of aliphatic imine (C=N–C) groups is 1. The highest BCUT2D eigenvalue weighted by atomic mass is 19.4. The second-order valence-corrected chi connectivity index (χ2v) is 5.93. The molecule has 1 aromatic rings. The van der Waals surface area contributed by atoms with E-state index in [0.717, 1.165) is 7.05 Å². The highest BCUT2D eigenvalue weighted by Crippen LogP contribution is 2.17. The molecular weight excluding hydrogens is 352 g/mol. The average Bonchev–Trinajstić information content (AvgIpc) is 2.53. The Morgan fingerprint density at radius 1 is 1.35 bits per heavy atom. The van der Waals surface area contributed by atoms with Gasteiger partial charge in [0.1, 0.15) is 18.9 Å². The molecule has 0 heterocycles.